The van der Waals surface area contributed by atoms with Crippen LogP contribution in [0.15, 0.2) is 24.3 Å². The van der Waals surface area contributed by atoms with Crippen LogP contribution < -0.4 is 11.1 Å². The van der Waals surface area contributed by atoms with E-state index in [0.29, 0.717) is 5.92 Å². The summed E-state index contributed by atoms with van der Waals surface area (Å²) in [5.74, 6) is 0.596. The second-order valence-electron chi connectivity index (χ2n) is 5.89. The largest absolute Gasteiger partial charge is 0.330 e. The Kier molecular flexibility index (Phi) is 5.83. The van der Waals surface area contributed by atoms with Crippen LogP contribution in [0.3, 0.4) is 0 Å². The molecule has 0 aromatic heterocycles. The molecule has 0 aliphatic carbocycles. The highest BCUT2D eigenvalue weighted by Gasteiger charge is 2.20. The number of benzene rings is 1. The van der Waals surface area contributed by atoms with Crippen molar-refractivity contribution in [3.05, 3.63) is 35.4 Å². The number of rotatable bonds is 7. The van der Waals surface area contributed by atoms with Gasteiger partial charge in [0.2, 0.25) is 0 Å². The minimum absolute atomic E-state index is 0.167. The highest BCUT2D eigenvalue weighted by molar-refractivity contribution is 5.27. The quantitative estimate of drug-likeness (QED) is 0.778. The molecule has 0 aliphatic rings. The second kappa shape index (κ2) is 6.91. The molecule has 0 aliphatic heterocycles. The molecule has 0 spiro atoms. The van der Waals surface area contributed by atoms with Crippen molar-refractivity contribution in [2.75, 3.05) is 19.6 Å². The molecule has 102 valence electrons. The van der Waals surface area contributed by atoms with E-state index in [2.05, 4.69) is 57.3 Å². The normalized spacial score (nSPS) is 13.6. The first kappa shape index (κ1) is 15.2. The molecule has 0 fully saturated rings. The van der Waals surface area contributed by atoms with E-state index in [0.717, 1.165) is 26.1 Å². The standard InChI is InChI=1S/C16H28N2/c1-5-14(10-17)11-18-12-16(3,4)15-8-6-13(2)7-9-15/h6-9,14,18H,5,10-12,17H2,1-4H3. The van der Waals surface area contributed by atoms with E-state index in [1.165, 1.54) is 11.1 Å². The SMILES string of the molecule is CCC(CN)CNCC(C)(C)c1ccc(C)cc1. The van der Waals surface area contributed by atoms with Gasteiger partial charge in [-0.3, -0.25) is 0 Å². The molecule has 0 bridgehead atoms. The third-order valence-corrected chi connectivity index (χ3v) is 3.74. The third kappa shape index (κ3) is 4.43. The second-order valence-corrected chi connectivity index (χ2v) is 5.89. The fraction of sp³-hybridized carbons (Fsp3) is 0.625. The van der Waals surface area contributed by atoms with Crippen LogP contribution in [-0.4, -0.2) is 19.6 Å². The Morgan fingerprint density at radius 3 is 2.33 bits per heavy atom. The summed E-state index contributed by atoms with van der Waals surface area (Å²) >= 11 is 0. The molecule has 1 aromatic rings. The molecule has 0 amide bonds. The van der Waals surface area contributed by atoms with E-state index >= 15 is 0 Å². The van der Waals surface area contributed by atoms with Gasteiger partial charge in [-0.15, -0.1) is 0 Å². The zero-order valence-electron chi connectivity index (χ0n) is 12.3. The van der Waals surface area contributed by atoms with Gasteiger partial charge in [-0.05, 0) is 31.5 Å². The predicted molar refractivity (Wildman–Crippen MR) is 79.9 cm³/mol. The summed E-state index contributed by atoms with van der Waals surface area (Å²) in [6, 6.07) is 8.84. The molecule has 18 heavy (non-hydrogen) atoms. The van der Waals surface area contributed by atoms with Crippen molar-refractivity contribution in [2.45, 2.75) is 39.5 Å². The monoisotopic (exact) mass is 248 g/mol. The number of hydrogen-bond acceptors (Lipinski definition) is 2. The Bertz CT molecular complexity index is 337. The summed E-state index contributed by atoms with van der Waals surface area (Å²) in [5.41, 5.74) is 8.59. The third-order valence-electron chi connectivity index (χ3n) is 3.74. The molecular formula is C16H28N2. The van der Waals surface area contributed by atoms with E-state index in [1.807, 2.05) is 0 Å². The van der Waals surface area contributed by atoms with Crippen molar-refractivity contribution < 1.29 is 0 Å². The zero-order valence-corrected chi connectivity index (χ0v) is 12.3. The molecule has 1 rings (SSSR count). The van der Waals surface area contributed by atoms with Crippen LogP contribution in [0.2, 0.25) is 0 Å². The van der Waals surface area contributed by atoms with Crippen LogP contribution >= 0.6 is 0 Å². The van der Waals surface area contributed by atoms with Gasteiger partial charge in [0, 0.05) is 12.0 Å². The molecule has 0 saturated carbocycles. The Morgan fingerprint density at radius 2 is 1.83 bits per heavy atom. The first-order valence-electron chi connectivity index (χ1n) is 6.97. The summed E-state index contributed by atoms with van der Waals surface area (Å²) in [4.78, 5) is 0. The van der Waals surface area contributed by atoms with Crippen LogP contribution in [0, 0.1) is 12.8 Å². The Hall–Kier alpha value is -0.860. The highest BCUT2D eigenvalue weighted by atomic mass is 14.9. The van der Waals surface area contributed by atoms with Crippen LogP contribution in [0.5, 0.6) is 0 Å². The molecule has 0 radical (unpaired) electrons. The zero-order chi connectivity index (χ0) is 13.6. The summed E-state index contributed by atoms with van der Waals surface area (Å²) in [5, 5.41) is 3.56. The van der Waals surface area contributed by atoms with Gasteiger partial charge >= 0.3 is 0 Å². The van der Waals surface area contributed by atoms with Crippen LogP contribution in [0.25, 0.3) is 0 Å². The summed E-state index contributed by atoms with van der Waals surface area (Å²) < 4.78 is 0. The number of nitrogens with two attached hydrogens (primary N) is 1. The van der Waals surface area contributed by atoms with Crippen molar-refractivity contribution in [3.8, 4) is 0 Å². The van der Waals surface area contributed by atoms with Gasteiger partial charge in [0.25, 0.3) is 0 Å². The Balaban J connectivity index is 2.51. The Morgan fingerprint density at radius 1 is 1.22 bits per heavy atom. The van der Waals surface area contributed by atoms with Crippen molar-refractivity contribution >= 4 is 0 Å². The first-order valence-corrected chi connectivity index (χ1v) is 6.97. The van der Waals surface area contributed by atoms with Gasteiger partial charge in [-0.25, -0.2) is 0 Å². The first-order chi connectivity index (χ1) is 8.49. The Labute approximate surface area is 112 Å². The van der Waals surface area contributed by atoms with E-state index in [-0.39, 0.29) is 5.41 Å². The lowest BCUT2D eigenvalue weighted by Gasteiger charge is -2.27. The highest BCUT2D eigenvalue weighted by Crippen LogP contribution is 2.22. The maximum Gasteiger partial charge on any atom is 0.00433 e. The van der Waals surface area contributed by atoms with Crippen molar-refractivity contribution in [2.24, 2.45) is 11.7 Å². The van der Waals surface area contributed by atoms with Gasteiger partial charge < -0.3 is 11.1 Å². The molecular weight excluding hydrogens is 220 g/mol. The van der Waals surface area contributed by atoms with E-state index in [1.54, 1.807) is 0 Å². The van der Waals surface area contributed by atoms with E-state index in [4.69, 9.17) is 5.73 Å². The van der Waals surface area contributed by atoms with E-state index in [9.17, 15) is 0 Å². The average Bonchev–Trinajstić information content (AvgIpc) is 2.35. The molecule has 1 unspecified atom stereocenters. The van der Waals surface area contributed by atoms with Crippen molar-refractivity contribution in [1.82, 2.24) is 5.32 Å². The maximum absolute atomic E-state index is 5.72. The number of aryl methyl sites for hydroxylation is 1. The number of hydrogen-bond donors (Lipinski definition) is 2. The van der Waals surface area contributed by atoms with Crippen molar-refractivity contribution in [1.29, 1.82) is 0 Å². The molecule has 1 aromatic carbocycles. The maximum atomic E-state index is 5.72. The van der Waals surface area contributed by atoms with Gasteiger partial charge in [0.05, 0.1) is 0 Å². The van der Waals surface area contributed by atoms with Gasteiger partial charge in [0.15, 0.2) is 0 Å². The molecule has 2 nitrogen and oxygen atoms in total. The average molecular weight is 248 g/mol. The lowest BCUT2D eigenvalue weighted by molar-refractivity contribution is 0.415. The summed E-state index contributed by atoms with van der Waals surface area (Å²) in [6.07, 6.45) is 1.15. The van der Waals surface area contributed by atoms with Gasteiger partial charge in [-0.2, -0.15) is 0 Å². The summed E-state index contributed by atoms with van der Waals surface area (Å²) in [6.45, 7) is 11.7. The van der Waals surface area contributed by atoms with E-state index < -0.39 is 0 Å². The molecule has 0 saturated heterocycles. The minimum Gasteiger partial charge on any atom is -0.330 e. The molecule has 0 heterocycles. The lowest BCUT2D eigenvalue weighted by atomic mass is 9.84. The molecule has 2 heteroatoms. The van der Waals surface area contributed by atoms with Crippen LogP contribution in [-0.2, 0) is 5.41 Å². The topological polar surface area (TPSA) is 38.0 Å². The fourth-order valence-corrected chi connectivity index (χ4v) is 2.09. The van der Waals surface area contributed by atoms with Crippen molar-refractivity contribution in [3.63, 3.8) is 0 Å². The van der Waals surface area contributed by atoms with Crippen LogP contribution in [0.1, 0.15) is 38.3 Å². The fourth-order valence-electron chi connectivity index (χ4n) is 2.09. The smallest absolute Gasteiger partial charge is 0.00433 e. The van der Waals surface area contributed by atoms with Gasteiger partial charge in [-0.1, -0.05) is 57.0 Å². The lowest BCUT2D eigenvalue weighted by Crippen LogP contribution is -2.37. The molecule has 3 N–H and O–H groups in total. The summed E-state index contributed by atoms with van der Waals surface area (Å²) in [7, 11) is 0. The predicted octanol–water partition coefficient (Wildman–Crippen LogP) is 2.85. The van der Waals surface area contributed by atoms with Crippen LogP contribution in [0.4, 0.5) is 0 Å². The van der Waals surface area contributed by atoms with Gasteiger partial charge in [0.1, 0.15) is 0 Å². The minimum atomic E-state index is 0.167. The number of nitrogens with one attached hydrogen (secondary N) is 1. The molecule has 1 atom stereocenters.